The highest BCUT2D eigenvalue weighted by atomic mass is 17.2. The second-order valence-electron chi connectivity index (χ2n) is 4.71. The molecule has 0 saturated carbocycles. The molecular formula is C18H16O4. The first-order valence-corrected chi connectivity index (χ1v) is 6.73. The van der Waals surface area contributed by atoms with E-state index in [0.717, 1.165) is 5.56 Å². The quantitative estimate of drug-likeness (QED) is 0.356. The Morgan fingerprint density at radius 1 is 0.955 bits per heavy atom. The minimum absolute atomic E-state index is 0.0373. The van der Waals surface area contributed by atoms with Gasteiger partial charge in [0.15, 0.2) is 5.78 Å². The van der Waals surface area contributed by atoms with E-state index in [1.165, 1.54) is 7.11 Å². The Morgan fingerprint density at radius 2 is 1.55 bits per heavy atom. The van der Waals surface area contributed by atoms with Gasteiger partial charge in [-0.3, -0.25) is 9.68 Å². The lowest BCUT2D eigenvalue weighted by Gasteiger charge is -2.05. The van der Waals surface area contributed by atoms with Crippen molar-refractivity contribution in [3.63, 3.8) is 0 Å². The highest BCUT2D eigenvalue weighted by Gasteiger charge is 2.11. The van der Waals surface area contributed by atoms with E-state index in [1.54, 1.807) is 36.4 Å². The molecule has 0 bridgehead atoms. The van der Waals surface area contributed by atoms with Crippen LogP contribution in [0.4, 0.5) is 0 Å². The average molecular weight is 296 g/mol. The van der Waals surface area contributed by atoms with Crippen LogP contribution >= 0.6 is 0 Å². The molecule has 0 amide bonds. The lowest BCUT2D eigenvalue weighted by atomic mass is 10.00. The van der Waals surface area contributed by atoms with Crippen molar-refractivity contribution in [1.82, 2.24) is 0 Å². The van der Waals surface area contributed by atoms with Crippen LogP contribution in [-0.2, 0) is 21.0 Å². The lowest BCUT2D eigenvalue weighted by molar-refractivity contribution is -0.250. The number of carbonyl (C=O) groups is 2. The predicted molar refractivity (Wildman–Crippen MR) is 82.3 cm³/mol. The van der Waals surface area contributed by atoms with E-state index in [0.29, 0.717) is 17.5 Å². The molecule has 4 heteroatoms. The minimum Gasteiger partial charge on any atom is -0.293 e. The molecule has 2 rings (SSSR count). The van der Waals surface area contributed by atoms with Gasteiger partial charge < -0.3 is 0 Å². The molecule has 112 valence electrons. The standard InChI is InChI=1S/C18H16O4/c1-13(18(20)22-21-2)12-14-8-10-16(11-9-14)17(19)15-6-4-3-5-7-15/h3-11H,1,12H2,2H3. The first-order chi connectivity index (χ1) is 10.6. The molecule has 0 atom stereocenters. The molecule has 0 heterocycles. The fraction of sp³-hybridized carbons (Fsp3) is 0.111. The molecule has 22 heavy (non-hydrogen) atoms. The largest absolute Gasteiger partial charge is 0.368 e. The van der Waals surface area contributed by atoms with Gasteiger partial charge in [-0.05, 0) is 5.56 Å². The number of hydrogen-bond acceptors (Lipinski definition) is 4. The van der Waals surface area contributed by atoms with E-state index in [2.05, 4.69) is 16.4 Å². The molecule has 0 radical (unpaired) electrons. The topological polar surface area (TPSA) is 52.6 Å². The fourth-order valence-electron chi connectivity index (χ4n) is 1.98. The number of benzene rings is 2. The molecule has 0 saturated heterocycles. The summed E-state index contributed by atoms with van der Waals surface area (Å²) in [4.78, 5) is 32.4. The summed E-state index contributed by atoms with van der Waals surface area (Å²) in [5.74, 6) is -0.642. The van der Waals surface area contributed by atoms with Gasteiger partial charge in [-0.1, -0.05) is 61.2 Å². The van der Waals surface area contributed by atoms with E-state index in [1.807, 2.05) is 18.2 Å². The summed E-state index contributed by atoms with van der Waals surface area (Å²) >= 11 is 0. The van der Waals surface area contributed by atoms with E-state index in [-0.39, 0.29) is 11.4 Å². The Kier molecular flexibility index (Phi) is 5.22. The van der Waals surface area contributed by atoms with Crippen LogP contribution in [0.25, 0.3) is 0 Å². The Balaban J connectivity index is 2.06. The summed E-state index contributed by atoms with van der Waals surface area (Å²) < 4.78 is 0. The third-order valence-corrected chi connectivity index (χ3v) is 3.12. The molecule has 0 aromatic heterocycles. The van der Waals surface area contributed by atoms with E-state index >= 15 is 0 Å². The van der Waals surface area contributed by atoms with Crippen molar-refractivity contribution in [3.8, 4) is 0 Å². The van der Waals surface area contributed by atoms with E-state index in [4.69, 9.17) is 0 Å². The third-order valence-electron chi connectivity index (χ3n) is 3.12. The highest BCUT2D eigenvalue weighted by Crippen LogP contribution is 2.13. The van der Waals surface area contributed by atoms with E-state index < -0.39 is 5.97 Å². The van der Waals surface area contributed by atoms with Gasteiger partial charge >= 0.3 is 5.97 Å². The Hall–Kier alpha value is -2.72. The van der Waals surface area contributed by atoms with Gasteiger partial charge in [-0.25, -0.2) is 4.79 Å². The maximum atomic E-state index is 12.3. The molecule has 0 aliphatic rings. The molecule has 0 aliphatic carbocycles. The molecule has 0 unspecified atom stereocenters. The van der Waals surface area contributed by atoms with Crippen molar-refractivity contribution in [2.24, 2.45) is 0 Å². The zero-order chi connectivity index (χ0) is 15.9. The molecule has 0 N–H and O–H groups in total. The monoisotopic (exact) mass is 296 g/mol. The molecule has 2 aromatic rings. The molecule has 0 fully saturated rings. The predicted octanol–water partition coefficient (Wildman–Crippen LogP) is 3.12. The van der Waals surface area contributed by atoms with Crippen LogP contribution in [0.5, 0.6) is 0 Å². The SMILES string of the molecule is C=C(Cc1ccc(C(=O)c2ccccc2)cc1)C(=O)OOC. The zero-order valence-electron chi connectivity index (χ0n) is 12.2. The van der Waals surface area contributed by atoms with Crippen molar-refractivity contribution in [1.29, 1.82) is 0 Å². The normalized spacial score (nSPS) is 10.0. The Bertz CT molecular complexity index is 672. The molecule has 4 nitrogen and oxygen atoms in total. The summed E-state index contributed by atoms with van der Waals surface area (Å²) in [6, 6.07) is 16.1. The second-order valence-corrected chi connectivity index (χ2v) is 4.71. The van der Waals surface area contributed by atoms with Gasteiger partial charge in [0, 0.05) is 23.1 Å². The van der Waals surface area contributed by atoms with Crippen LogP contribution < -0.4 is 0 Å². The molecule has 0 aliphatic heterocycles. The number of carbonyl (C=O) groups excluding carboxylic acids is 2. The van der Waals surface area contributed by atoms with Gasteiger partial charge in [-0.2, -0.15) is 4.89 Å². The zero-order valence-corrected chi connectivity index (χ0v) is 12.2. The second kappa shape index (κ2) is 7.33. The summed E-state index contributed by atoms with van der Waals surface area (Å²) in [6.45, 7) is 3.65. The number of ketones is 1. The van der Waals surface area contributed by atoms with Crippen molar-refractivity contribution >= 4 is 11.8 Å². The van der Waals surface area contributed by atoms with Gasteiger partial charge in [-0.15, -0.1) is 0 Å². The summed E-state index contributed by atoms with van der Waals surface area (Å²) in [5, 5.41) is 0. The first kappa shape index (κ1) is 15.7. The average Bonchev–Trinajstić information content (AvgIpc) is 2.56. The summed E-state index contributed by atoms with van der Waals surface area (Å²) in [6.07, 6.45) is 0.335. The third kappa shape index (κ3) is 3.90. The number of rotatable bonds is 6. The van der Waals surface area contributed by atoms with Gasteiger partial charge in [0.2, 0.25) is 0 Å². The maximum absolute atomic E-state index is 12.3. The Morgan fingerprint density at radius 3 is 2.14 bits per heavy atom. The minimum atomic E-state index is -0.605. The lowest BCUT2D eigenvalue weighted by Crippen LogP contribution is -2.08. The van der Waals surface area contributed by atoms with Gasteiger partial charge in [0.1, 0.15) is 0 Å². The van der Waals surface area contributed by atoms with Crippen LogP contribution in [0.15, 0.2) is 66.7 Å². The summed E-state index contributed by atoms with van der Waals surface area (Å²) in [5.41, 5.74) is 2.38. The van der Waals surface area contributed by atoms with Crippen LogP contribution in [0.2, 0.25) is 0 Å². The van der Waals surface area contributed by atoms with Crippen LogP contribution in [-0.4, -0.2) is 18.9 Å². The van der Waals surface area contributed by atoms with Gasteiger partial charge in [0.05, 0.1) is 7.11 Å². The van der Waals surface area contributed by atoms with Crippen molar-refractivity contribution in [2.75, 3.05) is 7.11 Å². The highest BCUT2D eigenvalue weighted by molar-refractivity contribution is 6.08. The summed E-state index contributed by atoms with van der Waals surface area (Å²) in [7, 11) is 1.26. The molecule has 2 aromatic carbocycles. The van der Waals surface area contributed by atoms with Crippen molar-refractivity contribution in [3.05, 3.63) is 83.4 Å². The van der Waals surface area contributed by atoms with Gasteiger partial charge in [0.25, 0.3) is 0 Å². The maximum Gasteiger partial charge on any atom is 0.368 e. The van der Waals surface area contributed by atoms with Crippen molar-refractivity contribution in [2.45, 2.75) is 6.42 Å². The van der Waals surface area contributed by atoms with Crippen LogP contribution in [0.1, 0.15) is 21.5 Å². The first-order valence-electron chi connectivity index (χ1n) is 6.73. The van der Waals surface area contributed by atoms with Crippen LogP contribution in [0.3, 0.4) is 0 Å². The van der Waals surface area contributed by atoms with Crippen molar-refractivity contribution < 1.29 is 19.4 Å². The fourth-order valence-corrected chi connectivity index (χ4v) is 1.98. The number of hydrogen-bond donors (Lipinski definition) is 0. The van der Waals surface area contributed by atoms with E-state index in [9.17, 15) is 9.59 Å². The smallest absolute Gasteiger partial charge is 0.293 e. The Labute approximate surface area is 128 Å². The molecular weight excluding hydrogens is 280 g/mol. The molecule has 0 spiro atoms. The van der Waals surface area contributed by atoms with Crippen LogP contribution in [0, 0.1) is 0 Å².